The van der Waals surface area contributed by atoms with Gasteiger partial charge in [0, 0.05) is 11.1 Å². The molecule has 2 nitrogen and oxygen atoms in total. The summed E-state index contributed by atoms with van der Waals surface area (Å²) < 4.78 is 5.35. The quantitative estimate of drug-likeness (QED) is 0.684. The topological polar surface area (TPSA) is 22.1 Å². The first-order chi connectivity index (χ1) is 6.72. The maximum absolute atomic E-state index is 5.35. The molecular formula is C12H13NO. The van der Waals surface area contributed by atoms with E-state index in [0.29, 0.717) is 0 Å². The lowest BCUT2D eigenvalue weighted by atomic mass is 10.1. The van der Waals surface area contributed by atoms with Gasteiger partial charge in [0.2, 0.25) is 0 Å². The maximum atomic E-state index is 5.35. The van der Waals surface area contributed by atoms with Crippen molar-refractivity contribution in [2.45, 2.75) is 13.8 Å². The third-order valence-electron chi connectivity index (χ3n) is 2.36. The molecule has 0 fully saturated rings. The number of fused-ring (bicyclic) bond motifs is 1. The van der Waals surface area contributed by atoms with Crippen LogP contribution in [0.1, 0.15) is 11.3 Å². The Morgan fingerprint density at radius 1 is 1.07 bits per heavy atom. The summed E-state index contributed by atoms with van der Waals surface area (Å²) >= 11 is 0. The number of aryl methyl sites for hydroxylation is 2. The monoisotopic (exact) mass is 187 g/mol. The van der Waals surface area contributed by atoms with Crippen molar-refractivity contribution in [3.05, 3.63) is 35.5 Å². The summed E-state index contributed by atoms with van der Waals surface area (Å²) in [6.45, 7) is 4.02. The van der Waals surface area contributed by atoms with Gasteiger partial charge in [-0.15, -0.1) is 0 Å². The van der Waals surface area contributed by atoms with Crippen LogP contribution >= 0.6 is 0 Å². The number of hydrogen-bond donors (Lipinski definition) is 0. The molecule has 0 saturated heterocycles. The first-order valence-corrected chi connectivity index (χ1v) is 4.63. The van der Waals surface area contributed by atoms with E-state index in [-0.39, 0.29) is 0 Å². The predicted molar refractivity (Wildman–Crippen MR) is 57.8 cm³/mol. The number of benzene rings is 1. The van der Waals surface area contributed by atoms with Gasteiger partial charge in [-0.05, 0) is 25.5 Å². The van der Waals surface area contributed by atoms with Crippen molar-refractivity contribution in [3.8, 4) is 5.75 Å². The van der Waals surface area contributed by atoms with Crippen LogP contribution in [-0.4, -0.2) is 12.1 Å². The van der Waals surface area contributed by atoms with Crippen molar-refractivity contribution in [2.24, 2.45) is 0 Å². The summed E-state index contributed by atoms with van der Waals surface area (Å²) in [5, 5.41) is 1.12. The van der Waals surface area contributed by atoms with Gasteiger partial charge in [-0.3, -0.25) is 0 Å². The van der Waals surface area contributed by atoms with Gasteiger partial charge in [-0.1, -0.05) is 18.2 Å². The second-order valence-corrected chi connectivity index (χ2v) is 3.44. The van der Waals surface area contributed by atoms with Gasteiger partial charge in [0.25, 0.3) is 0 Å². The first kappa shape index (κ1) is 9.00. The second-order valence-electron chi connectivity index (χ2n) is 3.44. The Kier molecular flexibility index (Phi) is 2.12. The molecule has 0 spiro atoms. The van der Waals surface area contributed by atoms with E-state index >= 15 is 0 Å². The fourth-order valence-electron chi connectivity index (χ4n) is 1.62. The van der Waals surface area contributed by atoms with Crippen molar-refractivity contribution in [1.82, 2.24) is 4.98 Å². The van der Waals surface area contributed by atoms with E-state index in [1.807, 2.05) is 19.9 Å². The highest BCUT2D eigenvalue weighted by Crippen LogP contribution is 2.27. The Labute approximate surface area is 83.5 Å². The maximum Gasteiger partial charge on any atom is 0.147 e. The standard InChI is InChI=1S/C12H13NO/c1-8-4-6-10-7-5-9(2)13-11(10)12(8)14-3/h4-7H,1-3H3. The van der Waals surface area contributed by atoms with E-state index in [1.165, 1.54) is 0 Å². The summed E-state index contributed by atoms with van der Waals surface area (Å²) in [6.07, 6.45) is 0. The first-order valence-electron chi connectivity index (χ1n) is 4.63. The summed E-state index contributed by atoms with van der Waals surface area (Å²) in [7, 11) is 1.69. The molecule has 0 N–H and O–H groups in total. The Bertz CT molecular complexity index is 472. The van der Waals surface area contributed by atoms with Crippen LogP contribution in [0.25, 0.3) is 10.9 Å². The zero-order valence-corrected chi connectivity index (χ0v) is 8.66. The van der Waals surface area contributed by atoms with E-state index in [9.17, 15) is 0 Å². The number of ether oxygens (including phenoxy) is 1. The van der Waals surface area contributed by atoms with Crippen LogP contribution in [-0.2, 0) is 0 Å². The van der Waals surface area contributed by atoms with Crippen molar-refractivity contribution in [1.29, 1.82) is 0 Å². The van der Waals surface area contributed by atoms with Gasteiger partial charge in [0.05, 0.1) is 7.11 Å². The molecule has 1 heterocycles. The molecule has 0 saturated carbocycles. The Balaban J connectivity index is 2.84. The second kappa shape index (κ2) is 3.29. The molecular weight excluding hydrogens is 174 g/mol. The van der Waals surface area contributed by atoms with E-state index in [2.05, 4.69) is 23.2 Å². The zero-order valence-electron chi connectivity index (χ0n) is 8.66. The van der Waals surface area contributed by atoms with Crippen LogP contribution < -0.4 is 4.74 Å². The summed E-state index contributed by atoms with van der Waals surface area (Å²) in [5.41, 5.74) is 3.09. The number of rotatable bonds is 1. The Hall–Kier alpha value is -1.57. The fourth-order valence-corrected chi connectivity index (χ4v) is 1.62. The lowest BCUT2D eigenvalue weighted by Crippen LogP contribution is -1.92. The van der Waals surface area contributed by atoms with Crippen molar-refractivity contribution >= 4 is 10.9 Å². The lowest BCUT2D eigenvalue weighted by Gasteiger charge is -2.08. The van der Waals surface area contributed by atoms with Gasteiger partial charge in [0.15, 0.2) is 0 Å². The van der Waals surface area contributed by atoms with Gasteiger partial charge in [0.1, 0.15) is 11.3 Å². The minimum atomic E-state index is 0.881. The molecule has 0 unspecified atom stereocenters. The average molecular weight is 187 g/mol. The van der Waals surface area contributed by atoms with Gasteiger partial charge < -0.3 is 4.74 Å². The summed E-state index contributed by atoms with van der Waals surface area (Å²) in [4.78, 5) is 4.48. The van der Waals surface area contributed by atoms with Crippen molar-refractivity contribution < 1.29 is 4.74 Å². The SMILES string of the molecule is COc1c(C)ccc2ccc(C)nc12. The third-order valence-corrected chi connectivity index (χ3v) is 2.36. The fraction of sp³-hybridized carbons (Fsp3) is 0.250. The van der Waals surface area contributed by atoms with E-state index in [4.69, 9.17) is 4.74 Å². The minimum absolute atomic E-state index is 0.881. The van der Waals surface area contributed by atoms with Gasteiger partial charge >= 0.3 is 0 Å². The Morgan fingerprint density at radius 2 is 1.79 bits per heavy atom. The van der Waals surface area contributed by atoms with Gasteiger partial charge in [-0.25, -0.2) is 4.98 Å². The number of hydrogen-bond acceptors (Lipinski definition) is 2. The predicted octanol–water partition coefficient (Wildman–Crippen LogP) is 2.86. The number of pyridine rings is 1. The van der Waals surface area contributed by atoms with Crippen molar-refractivity contribution in [3.63, 3.8) is 0 Å². The zero-order chi connectivity index (χ0) is 10.1. The van der Waals surface area contributed by atoms with Crippen LogP contribution in [0.3, 0.4) is 0 Å². The van der Waals surface area contributed by atoms with E-state index in [1.54, 1.807) is 7.11 Å². The van der Waals surface area contributed by atoms with Crippen LogP contribution in [0.2, 0.25) is 0 Å². The molecule has 0 amide bonds. The number of aromatic nitrogens is 1. The van der Waals surface area contributed by atoms with Crippen LogP contribution in [0.4, 0.5) is 0 Å². The normalized spacial score (nSPS) is 10.5. The van der Waals surface area contributed by atoms with Gasteiger partial charge in [-0.2, -0.15) is 0 Å². The molecule has 0 atom stereocenters. The molecule has 0 aliphatic rings. The molecule has 14 heavy (non-hydrogen) atoms. The summed E-state index contributed by atoms with van der Waals surface area (Å²) in [5.74, 6) is 0.881. The third kappa shape index (κ3) is 1.33. The molecule has 72 valence electrons. The van der Waals surface area contributed by atoms with Crippen molar-refractivity contribution in [2.75, 3.05) is 7.11 Å². The molecule has 0 aliphatic carbocycles. The molecule has 0 bridgehead atoms. The van der Waals surface area contributed by atoms with E-state index in [0.717, 1.165) is 27.9 Å². The lowest BCUT2D eigenvalue weighted by molar-refractivity contribution is 0.416. The average Bonchev–Trinajstić information content (AvgIpc) is 2.17. The van der Waals surface area contributed by atoms with Crippen LogP contribution in [0, 0.1) is 13.8 Å². The highest BCUT2D eigenvalue weighted by Gasteiger charge is 2.05. The molecule has 1 aromatic carbocycles. The highest BCUT2D eigenvalue weighted by molar-refractivity contribution is 5.85. The highest BCUT2D eigenvalue weighted by atomic mass is 16.5. The van der Waals surface area contributed by atoms with E-state index < -0.39 is 0 Å². The summed E-state index contributed by atoms with van der Waals surface area (Å²) in [6, 6.07) is 8.20. The molecule has 1 aromatic heterocycles. The Morgan fingerprint density at radius 3 is 2.50 bits per heavy atom. The number of nitrogens with zero attached hydrogens (tertiary/aromatic N) is 1. The molecule has 2 heteroatoms. The molecule has 2 aromatic rings. The minimum Gasteiger partial charge on any atom is -0.494 e. The molecule has 2 rings (SSSR count). The van der Waals surface area contributed by atoms with Crippen LogP contribution in [0.15, 0.2) is 24.3 Å². The molecule has 0 radical (unpaired) electrons. The number of methoxy groups -OCH3 is 1. The van der Waals surface area contributed by atoms with Crippen LogP contribution in [0.5, 0.6) is 5.75 Å². The largest absolute Gasteiger partial charge is 0.494 e. The smallest absolute Gasteiger partial charge is 0.147 e. The molecule has 0 aliphatic heterocycles.